The van der Waals surface area contributed by atoms with Gasteiger partial charge in [-0.25, -0.2) is 4.79 Å². The standard InChI is InChI=1S/C8H11N3O3S/c9-5-1-2-11(8(13)10-5)6-4-15-7(3-12)14-6/h1-2,6-7,12H,3-4H2,(H2,9,10,13)/t6-,7+/m0/s1/i3D2,8+1. The second-order valence-corrected chi connectivity index (χ2v) is 4.02. The van der Waals surface area contributed by atoms with Gasteiger partial charge in [-0.3, -0.25) is 4.57 Å². The molecule has 0 radical (unpaired) electrons. The molecule has 7 heteroatoms. The Morgan fingerprint density at radius 2 is 2.73 bits per heavy atom. The Labute approximate surface area is 92.9 Å². The molecule has 1 aliphatic heterocycles. The van der Waals surface area contributed by atoms with E-state index in [2.05, 4.69) is 4.98 Å². The smallest absolute Gasteiger partial charge is 0.351 e. The van der Waals surface area contributed by atoms with Gasteiger partial charge < -0.3 is 15.6 Å². The lowest BCUT2D eigenvalue weighted by Crippen LogP contribution is -2.28. The minimum Gasteiger partial charge on any atom is -0.393 e. The Morgan fingerprint density at radius 1 is 1.93 bits per heavy atom. The molecule has 3 N–H and O–H groups in total. The first-order valence-electron chi connectivity index (χ1n) is 5.22. The van der Waals surface area contributed by atoms with Crippen molar-refractivity contribution in [3.8, 4) is 0 Å². The monoisotopic (exact) mass is 232 g/mol. The molecule has 82 valence electrons. The summed E-state index contributed by atoms with van der Waals surface area (Å²) >= 11 is 1.10. The zero-order valence-electron chi connectivity index (χ0n) is 9.66. The third-order valence-corrected chi connectivity index (χ3v) is 2.93. The second kappa shape index (κ2) is 4.21. The van der Waals surface area contributed by atoms with Crippen LogP contribution in [-0.2, 0) is 4.74 Å². The van der Waals surface area contributed by atoms with E-state index in [-0.39, 0.29) is 5.82 Å². The molecule has 0 aliphatic carbocycles. The van der Waals surface area contributed by atoms with Crippen LogP contribution in [0.2, 0.25) is 0 Å². The summed E-state index contributed by atoms with van der Waals surface area (Å²) in [5, 5.41) is 9.16. The van der Waals surface area contributed by atoms with Gasteiger partial charge in [-0.15, -0.1) is 11.8 Å². The fourth-order valence-corrected chi connectivity index (χ4v) is 2.11. The normalized spacial score (nSPS) is 28.6. The maximum absolute atomic E-state index is 11.5. The largest absolute Gasteiger partial charge is 0.393 e. The molecule has 0 aromatic carbocycles. The van der Waals surface area contributed by atoms with Crippen LogP contribution in [-0.4, -0.2) is 32.4 Å². The molecule has 1 aromatic heterocycles. The van der Waals surface area contributed by atoms with Crippen LogP contribution in [0, 0.1) is 0 Å². The summed E-state index contributed by atoms with van der Waals surface area (Å²) in [4.78, 5) is 15.1. The van der Waals surface area contributed by atoms with Crippen molar-refractivity contribution >= 4 is 17.6 Å². The number of rotatable bonds is 2. The molecule has 1 fully saturated rings. The van der Waals surface area contributed by atoms with Gasteiger partial charge in [-0.05, 0) is 6.07 Å². The number of nitrogen functional groups attached to an aromatic ring is 1. The molecule has 2 atom stereocenters. The second-order valence-electron chi connectivity index (χ2n) is 2.93. The van der Waals surface area contributed by atoms with Gasteiger partial charge >= 0.3 is 5.69 Å². The molecule has 1 saturated heterocycles. The predicted octanol–water partition coefficient (Wildman–Crippen LogP) is -0.594. The van der Waals surface area contributed by atoms with Crippen molar-refractivity contribution in [2.24, 2.45) is 0 Å². The van der Waals surface area contributed by atoms with Crippen LogP contribution in [0.4, 0.5) is 5.82 Å². The number of hydrogen-bond acceptors (Lipinski definition) is 6. The van der Waals surface area contributed by atoms with E-state index in [1.54, 1.807) is 0 Å². The molecular weight excluding hydrogens is 219 g/mol. The summed E-state index contributed by atoms with van der Waals surface area (Å²) in [6, 6.07) is 1.45. The van der Waals surface area contributed by atoms with Crippen LogP contribution in [0.1, 0.15) is 8.97 Å². The van der Waals surface area contributed by atoms with Gasteiger partial charge in [0.2, 0.25) is 0 Å². The fourth-order valence-electron chi connectivity index (χ4n) is 1.25. The van der Waals surface area contributed by atoms with Crippen molar-refractivity contribution in [1.29, 1.82) is 0 Å². The van der Waals surface area contributed by atoms with E-state index in [4.69, 9.17) is 18.3 Å². The first-order valence-corrected chi connectivity index (χ1v) is 5.27. The number of ether oxygens (including phenoxy) is 1. The number of aliphatic hydroxyl groups is 1. The van der Waals surface area contributed by atoms with Gasteiger partial charge in [-0.2, -0.15) is 4.98 Å². The topological polar surface area (TPSA) is 90.4 Å². The predicted molar refractivity (Wildman–Crippen MR) is 56.4 cm³/mol. The maximum atomic E-state index is 11.5. The number of nitrogens with two attached hydrogens (primary N) is 1. The highest BCUT2D eigenvalue weighted by molar-refractivity contribution is 8.00. The molecule has 1 aliphatic rings. The van der Waals surface area contributed by atoms with Crippen LogP contribution in [0.3, 0.4) is 0 Å². The Balaban J connectivity index is 2.18. The third kappa shape index (κ3) is 2.14. The molecule has 2 heterocycles. The molecule has 6 nitrogen and oxygen atoms in total. The summed E-state index contributed by atoms with van der Waals surface area (Å²) in [6.07, 6.45) is 0.790. The Hall–Kier alpha value is -1.05. The average molecular weight is 232 g/mol. The average Bonchev–Trinajstić information content (AvgIpc) is 2.65. The van der Waals surface area contributed by atoms with E-state index in [0.717, 1.165) is 11.8 Å². The van der Waals surface area contributed by atoms with Crippen molar-refractivity contribution in [3.63, 3.8) is 0 Å². The van der Waals surface area contributed by atoms with Crippen LogP contribution in [0.15, 0.2) is 17.1 Å². The van der Waals surface area contributed by atoms with Crippen molar-refractivity contribution in [2.75, 3.05) is 18.0 Å². The molecule has 0 spiro atoms. The van der Waals surface area contributed by atoms with Gasteiger partial charge in [0.1, 0.15) is 17.5 Å². The Kier molecular flexibility index (Phi) is 2.29. The highest BCUT2D eigenvalue weighted by Gasteiger charge is 2.27. The summed E-state index contributed by atoms with van der Waals surface area (Å²) in [7, 11) is 0. The van der Waals surface area contributed by atoms with E-state index in [9.17, 15) is 4.79 Å². The Bertz CT molecular complexity index is 476. The number of aromatic nitrogens is 2. The van der Waals surface area contributed by atoms with Crippen LogP contribution < -0.4 is 11.4 Å². The summed E-state index contributed by atoms with van der Waals surface area (Å²) in [5.74, 6) is 0.474. The number of thioether (sulfide) groups is 1. The van der Waals surface area contributed by atoms with Crippen molar-refractivity contribution < 1.29 is 12.6 Å². The fraction of sp³-hybridized carbons (Fsp3) is 0.500. The van der Waals surface area contributed by atoms with Gasteiger partial charge in [0.05, 0.1) is 9.30 Å². The zero-order chi connectivity index (χ0) is 12.6. The summed E-state index contributed by atoms with van der Waals surface area (Å²) in [5.41, 5.74) is 3.78. The van der Waals surface area contributed by atoms with Gasteiger partial charge in [0, 0.05) is 11.9 Å². The SMILES string of the molecule is [2H]C([2H])(O)[C@@H]1O[C@H](n2ccc(N)n[13c]2=O)CS1. The van der Waals surface area contributed by atoms with Crippen LogP contribution >= 0.6 is 11.8 Å². The number of hydrogen-bond donors (Lipinski definition) is 2. The van der Waals surface area contributed by atoms with Crippen LogP contribution in [0.5, 0.6) is 0 Å². The lowest BCUT2D eigenvalue weighted by atomic mass is 10.5. The van der Waals surface area contributed by atoms with Crippen molar-refractivity contribution in [2.45, 2.75) is 11.7 Å². The summed E-state index contributed by atoms with van der Waals surface area (Å²) in [6.45, 7) is -2.44. The summed E-state index contributed by atoms with van der Waals surface area (Å²) < 4.78 is 20.7. The molecule has 15 heavy (non-hydrogen) atoms. The zero-order valence-corrected chi connectivity index (χ0v) is 8.48. The molecule has 0 saturated carbocycles. The first-order chi connectivity index (χ1) is 7.88. The van der Waals surface area contributed by atoms with Gasteiger partial charge in [0.15, 0.2) is 0 Å². The lowest BCUT2D eigenvalue weighted by Gasteiger charge is -2.13. The number of anilines is 1. The third-order valence-electron chi connectivity index (χ3n) is 1.94. The van der Waals surface area contributed by atoms with Crippen molar-refractivity contribution in [1.82, 2.24) is 9.55 Å². The van der Waals surface area contributed by atoms with E-state index in [0.29, 0.717) is 5.75 Å². The first kappa shape index (κ1) is 8.14. The molecule has 0 bridgehead atoms. The quantitative estimate of drug-likeness (QED) is 0.708. The molecule has 2 rings (SSSR count). The molecular formula is C8H11N3O3S. The van der Waals surface area contributed by atoms with Crippen LogP contribution in [0.25, 0.3) is 0 Å². The van der Waals surface area contributed by atoms with Gasteiger partial charge in [-0.1, -0.05) is 0 Å². The molecule has 0 amide bonds. The van der Waals surface area contributed by atoms with E-state index in [1.807, 2.05) is 0 Å². The van der Waals surface area contributed by atoms with Gasteiger partial charge in [0.25, 0.3) is 0 Å². The Morgan fingerprint density at radius 3 is 3.33 bits per heavy atom. The highest BCUT2D eigenvalue weighted by atomic mass is 32.2. The molecule has 0 unspecified atom stereocenters. The lowest BCUT2D eigenvalue weighted by molar-refractivity contribution is -0.00629. The van der Waals surface area contributed by atoms with E-state index >= 15 is 0 Å². The maximum Gasteiger partial charge on any atom is 0.351 e. The minimum atomic E-state index is -2.44. The van der Waals surface area contributed by atoms with Crippen molar-refractivity contribution in [3.05, 3.63) is 22.7 Å². The number of nitrogens with zero attached hydrogens (tertiary/aromatic N) is 2. The van der Waals surface area contributed by atoms with E-state index in [1.165, 1.54) is 16.8 Å². The van der Waals surface area contributed by atoms with E-state index < -0.39 is 23.9 Å². The highest BCUT2D eigenvalue weighted by Crippen LogP contribution is 2.30. The minimum absolute atomic E-state index is 0.117. The molecule has 1 aromatic rings.